The molecule has 0 spiro atoms. The van der Waals surface area contributed by atoms with Crippen LogP contribution < -0.4 is 5.56 Å². The number of nitrogens with zero attached hydrogens (tertiary/aromatic N) is 3. The van der Waals surface area contributed by atoms with Crippen LogP contribution in [0.5, 0.6) is 0 Å². The maximum atomic E-state index is 12.6. The summed E-state index contributed by atoms with van der Waals surface area (Å²) in [5.41, 5.74) is 1.89. The van der Waals surface area contributed by atoms with E-state index in [2.05, 4.69) is 9.97 Å². The number of nitrogens with one attached hydrogen (secondary N) is 1. The molecule has 7 nitrogen and oxygen atoms in total. The Balaban J connectivity index is 1.65. The second-order valence-electron chi connectivity index (χ2n) is 5.93. The van der Waals surface area contributed by atoms with Gasteiger partial charge in [0.2, 0.25) is 5.91 Å². The lowest BCUT2D eigenvalue weighted by Gasteiger charge is -2.26. The van der Waals surface area contributed by atoms with Crippen molar-refractivity contribution in [2.45, 2.75) is 5.16 Å². The molecule has 2 aromatic heterocycles. The minimum atomic E-state index is -0.137. The van der Waals surface area contributed by atoms with Gasteiger partial charge in [-0.2, -0.15) is 0 Å². The largest absolute Gasteiger partial charge is 0.378 e. The summed E-state index contributed by atoms with van der Waals surface area (Å²) in [6.45, 7) is 2.39. The summed E-state index contributed by atoms with van der Waals surface area (Å²) in [4.78, 5) is 34.5. The number of rotatable bonds is 3. The molecule has 3 aromatic rings. The Morgan fingerprint density at radius 2 is 2.08 bits per heavy atom. The van der Waals surface area contributed by atoms with Crippen molar-refractivity contribution in [1.82, 2.24) is 19.4 Å². The van der Waals surface area contributed by atoms with Crippen molar-refractivity contribution in [2.75, 3.05) is 32.1 Å². The predicted molar refractivity (Wildman–Crippen MR) is 97.0 cm³/mol. The highest BCUT2D eigenvalue weighted by atomic mass is 32.2. The molecule has 1 amide bonds. The highest BCUT2D eigenvalue weighted by molar-refractivity contribution is 7.99. The van der Waals surface area contributed by atoms with E-state index in [1.165, 1.54) is 16.3 Å². The topological polar surface area (TPSA) is 80.2 Å². The van der Waals surface area contributed by atoms with Crippen LogP contribution in [0.15, 0.2) is 34.2 Å². The van der Waals surface area contributed by atoms with Crippen LogP contribution in [0.3, 0.4) is 0 Å². The Morgan fingerprint density at radius 3 is 2.88 bits per heavy atom. The van der Waals surface area contributed by atoms with Gasteiger partial charge in [0.15, 0.2) is 5.16 Å². The third kappa shape index (κ3) is 2.91. The minimum Gasteiger partial charge on any atom is -0.378 e. The number of carbonyl (C=O) groups is 1. The van der Waals surface area contributed by atoms with Crippen molar-refractivity contribution in [2.24, 2.45) is 7.05 Å². The number of thioether (sulfide) groups is 1. The van der Waals surface area contributed by atoms with E-state index in [0.29, 0.717) is 42.5 Å². The van der Waals surface area contributed by atoms with E-state index in [4.69, 9.17) is 4.74 Å². The molecule has 0 atom stereocenters. The normalized spacial score (nSPS) is 15.2. The average molecular weight is 358 g/mol. The first-order valence-corrected chi connectivity index (χ1v) is 9.09. The molecule has 1 aliphatic rings. The Bertz CT molecular complexity index is 1000. The first kappa shape index (κ1) is 16.2. The standard InChI is InChI=1S/C17H18N4O3S/c1-20-16(23)15-14(11-4-2-3-5-12(11)18-15)19-17(20)25-10-13(22)21-6-8-24-9-7-21/h2-5,18H,6-10H2,1H3. The molecule has 0 radical (unpaired) electrons. The van der Waals surface area contributed by atoms with Crippen LogP contribution in [-0.4, -0.2) is 57.4 Å². The lowest BCUT2D eigenvalue weighted by Crippen LogP contribution is -2.41. The molecule has 130 valence electrons. The van der Waals surface area contributed by atoms with Crippen molar-refractivity contribution in [1.29, 1.82) is 0 Å². The van der Waals surface area contributed by atoms with Gasteiger partial charge in [-0.25, -0.2) is 4.98 Å². The molecular formula is C17H18N4O3S. The molecule has 8 heteroatoms. The van der Waals surface area contributed by atoms with Gasteiger partial charge in [-0.3, -0.25) is 14.2 Å². The molecular weight excluding hydrogens is 340 g/mol. The van der Waals surface area contributed by atoms with Gasteiger partial charge in [0.05, 0.1) is 19.0 Å². The Labute approximate surface area is 148 Å². The van der Waals surface area contributed by atoms with Gasteiger partial charge in [-0.1, -0.05) is 30.0 Å². The number of fused-ring (bicyclic) bond motifs is 3. The molecule has 1 N–H and O–H groups in total. The molecule has 4 rings (SSSR count). The lowest BCUT2D eigenvalue weighted by atomic mass is 10.2. The van der Waals surface area contributed by atoms with Crippen LogP contribution in [0, 0.1) is 0 Å². The highest BCUT2D eigenvalue weighted by Crippen LogP contribution is 2.24. The van der Waals surface area contributed by atoms with Crippen LogP contribution >= 0.6 is 11.8 Å². The molecule has 1 saturated heterocycles. The van der Waals surface area contributed by atoms with Gasteiger partial charge in [0.25, 0.3) is 5.56 Å². The summed E-state index contributed by atoms with van der Waals surface area (Å²) in [6.07, 6.45) is 0. The van der Waals surface area contributed by atoms with Crippen molar-refractivity contribution >= 4 is 39.6 Å². The fraction of sp³-hybridized carbons (Fsp3) is 0.353. The maximum Gasteiger partial charge on any atom is 0.278 e. The second-order valence-corrected chi connectivity index (χ2v) is 6.88. The van der Waals surface area contributed by atoms with Gasteiger partial charge in [0, 0.05) is 31.0 Å². The number of hydrogen-bond acceptors (Lipinski definition) is 5. The van der Waals surface area contributed by atoms with Gasteiger partial charge >= 0.3 is 0 Å². The van der Waals surface area contributed by atoms with E-state index >= 15 is 0 Å². The van der Waals surface area contributed by atoms with Gasteiger partial charge in [0.1, 0.15) is 11.0 Å². The van der Waals surface area contributed by atoms with E-state index in [-0.39, 0.29) is 17.2 Å². The van der Waals surface area contributed by atoms with E-state index in [0.717, 1.165) is 10.9 Å². The Hall–Kier alpha value is -2.32. The van der Waals surface area contributed by atoms with Crippen molar-refractivity contribution in [3.8, 4) is 0 Å². The van der Waals surface area contributed by atoms with Gasteiger partial charge in [-0.05, 0) is 6.07 Å². The fourth-order valence-corrected chi connectivity index (χ4v) is 3.85. The highest BCUT2D eigenvalue weighted by Gasteiger charge is 2.19. The zero-order valence-corrected chi connectivity index (χ0v) is 14.6. The van der Waals surface area contributed by atoms with Crippen molar-refractivity contribution in [3.05, 3.63) is 34.6 Å². The third-order valence-electron chi connectivity index (χ3n) is 4.38. The fourth-order valence-electron chi connectivity index (χ4n) is 2.98. The quantitative estimate of drug-likeness (QED) is 0.565. The minimum absolute atomic E-state index is 0.0431. The first-order valence-electron chi connectivity index (χ1n) is 8.11. The monoisotopic (exact) mass is 358 g/mol. The Morgan fingerprint density at radius 1 is 1.32 bits per heavy atom. The SMILES string of the molecule is Cn1c(SCC(=O)N2CCOCC2)nc2c([nH]c3ccccc32)c1=O. The number of aromatic nitrogens is 3. The first-order chi connectivity index (χ1) is 12.1. The summed E-state index contributed by atoms with van der Waals surface area (Å²) < 4.78 is 6.76. The van der Waals surface area contributed by atoms with Gasteiger partial charge < -0.3 is 14.6 Å². The summed E-state index contributed by atoms with van der Waals surface area (Å²) >= 11 is 1.30. The average Bonchev–Trinajstić information content (AvgIpc) is 3.03. The van der Waals surface area contributed by atoms with Crippen molar-refractivity contribution < 1.29 is 9.53 Å². The van der Waals surface area contributed by atoms with Crippen LogP contribution in [-0.2, 0) is 16.6 Å². The number of aromatic amines is 1. The number of morpholine rings is 1. The van der Waals surface area contributed by atoms with E-state index in [1.54, 1.807) is 11.9 Å². The van der Waals surface area contributed by atoms with Crippen LogP contribution in [0.1, 0.15) is 0 Å². The summed E-state index contributed by atoms with van der Waals surface area (Å²) in [5.74, 6) is 0.301. The number of amides is 1. The van der Waals surface area contributed by atoms with Gasteiger partial charge in [-0.15, -0.1) is 0 Å². The number of ether oxygens (including phenoxy) is 1. The molecule has 0 aliphatic carbocycles. The summed E-state index contributed by atoms with van der Waals surface area (Å²) in [6, 6.07) is 7.70. The van der Waals surface area contributed by atoms with Crippen molar-refractivity contribution in [3.63, 3.8) is 0 Å². The number of para-hydroxylation sites is 1. The smallest absolute Gasteiger partial charge is 0.278 e. The number of H-pyrrole nitrogens is 1. The second kappa shape index (κ2) is 6.53. The molecule has 1 fully saturated rings. The zero-order valence-electron chi connectivity index (χ0n) is 13.8. The van der Waals surface area contributed by atoms with Crippen LogP contribution in [0.25, 0.3) is 21.9 Å². The lowest BCUT2D eigenvalue weighted by molar-refractivity contribution is -0.132. The molecule has 1 aromatic carbocycles. The predicted octanol–water partition coefficient (Wildman–Crippen LogP) is 1.37. The molecule has 0 saturated carbocycles. The maximum absolute atomic E-state index is 12.6. The molecule has 3 heterocycles. The molecule has 1 aliphatic heterocycles. The number of benzene rings is 1. The van der Waals surface area contributed by atoms with E-state index < -0.39 is 0 Å². The van der Waals surface area contributed by atoms with Crippen LogP contribution in [0.2, 0.25) is 0 Å². The van der Waals surface area contributed by atoms with Crippen LogP contribution in [0.4, 0.5) is 0 Å². The number of hydrogen-bond donors (Lipinski definition) is 1. The molecule has 0 bridgehead atoms. The van der Waals surface area contributed by atoms with E-state index in [1.807, 2.05) is 24.3 Å². The third-order valence-corrected chi connectivity index (χ3v) is 5.39. The Kier molecular flexibility index (Phi) is 4.22. The summed E-state index contributed by atoms with van der Waals surface area (Å²) in [5, 5.41) is 1.46. The number of carbonyl (C=O) groups excluding carboxylic acids is 1. The molecule has 25 heavy (non-hydrogen) atoms. The zero-order chi connectivity index (χ0) is 17.4. The summed E-state index contributed by atoms with van der Waals surface area (Å²) in [7, 11) is 1.68. The van der Waals surface area contributed by atoms with E-state index in [9.17, 15) is 9.59 Å². The molecule has 0 unspecified atom stereocenters.